The minimum atomic E-state index is 1.17. The van der Waals surface area contributed by atoms with Crippen molar-refractivity contribution >= 4 is 5.69 Å². The Morgan fingerprint density at radius 2 is 1.67 bits per heavy atom. The van der Waals surface area contributed by atoms with Crippen molar-refractivity contribution in [1.29, 1.82) is 0 Å². The molecule has 18 heavy (non-hydrogen) atoms. The highest BCUT2D eigenvalue weighted by Crippen LogP contribution is 2.15. The van der Waals surface area contributed by atoms with Crippen LogP contribution in [0.15, 0.2) is 30.3 Å². The van der Waals surface area contributed by atoms with Crippen LogP contribution in [0.3, 0.4) is 0 Å². The van der Waals surface area contributed by atoms with Crippen molar-refractivity contribution in [2.24, 2.45) is 0 Å². The van der Waals surface area contributed by atoms with Gasteiger partial charge in [-0.2, -0.15) is 0 Å². The molecule has 1 aliphatic rings. The third kappa shape index (κ3) is 4.69. The lowest BCUT2D eigenvalue weighted by Crippen LogP contribution is -2.31. The summed E-state index contributed by atoms with van der Waals surface area (Å²) in [5, 5.41) is 0. The Balaban J connectivity index is 0.000000771. The highest BCUT2D eigenvalue weighted by atomic mass is 15.2. The molecule has 2 rings (SSSR count). The molecule has 0 aliphatic carbocycles. The number of hydrogen-bond acceptors (Lipinski definition) is 2. The maximum absolute atomic E-state index is 2.59. The van der Waals surface area contributed by atoms with Gasteiger partial charge in [-0.3, -0.25) is 0 Å². The van der Waals surface area contributed by atoms with E-state index in [0.717, 1.165) is 0 Å². The fourth-order valence-electron chi connectivity index (χ4n) is 2.41. The van der Waals surface area contributed by atoms with E-state index >= 15 is 0 Å². The van der Waals surface area contributed by atoms with E-state index < -0.39 is 0 Å². The largest absolute Gasteiger partial charge is 0.370 e. The van der Waals surface area contributed by atoms with Crippen LogP contribution in [0.5, 0.6) is 0 Å². The van der Waals surface area contributed by atoms with Crippen molar-refractivity contribution in [3.05, 3.63) is 30.3 Å². The highest BCUT2D eigenvalue weighted by Gasteiger charge is 2.13. The predicted octanol–water partition coefficient (Wildman–Crippen LogP) is 3.63. The van der Waals surface area contributed by atoms with Crippen LogP contribution in [0, 0.1) is 0 Å². The molecule has 0 bridgehead atoms. The van der Waals surface area contributed by atoms with E-state index in [0.29, 0.717) is 0 Å². The zero-order chi connectivity index (χ0) is 13.2. The molecule has 1 aliphatic heterocycles. The molecule has 0 saturated carbocycles. The number of hydrogen-bond donors (Lipinski definition) is 0. The molecule has 2 heteroatoms. The van der Waals surface area contributed by atoms with Gasteiger partial charge < -0.3 is 9.80 Å². The number of benzene rings is 1. The predicted molar refractivity (Wildman–Crippen MR) is 81.4 cm³/mol. The summed E-state index contributed by atoms with van der Waals surface area (Å²) in [6, 6.07) is 10.8. The maximum atomic E-state index is 2.59. The van der Waals surface area contributed by atoms with E-state index in [1.54, 1.807) is 0 Å². The maximum Gasteiger partial charge on any atom is 0.0366 e. The van der Waals surface area contributed by atoms with Gasteiger partial charge in [-0.05, 0) is 38.1 Å². The van der Waals surface area contributed by atoms with Gasteiger partial charge in [0.05, 0.1) is 0 Å². The lowest BCUT2D eigenvalue weighted by Gasteiger charge is -2.23. The monoisotopic (exact) mass is 248 g/mol. The van der Waals surface area contributed by atoms with Gasteiger partial charge in [0.1, 0.15) is 0 Å². The van der Waals surface area contributed by atoms with Crippen molar-refractivity contribution in [2.45, 2.75) is 33.6 Å². The Bertz CT molecular complexity index is 297. The molecule has 1 saturated heterocycles. The summed E-state index contributed by atoms with van der Waals surface area (Å²) in [7, 11) is 0. The minimum Gasteiger partial charge on any atom is -0.370 e. The Labute approximate surface area is 113 Å². The van der Waals surface area contributed by atoms with Crippen LogP contribution in [-0.2, 0) is 0 Å². The molecule has 1 aromatic rings. The third-order valence-corrected chi connectivity index (χ3v) is 3.25. The lowest BCUT2D eigenvalue weighted by atomic mass is 10.3. The molecule has 1 fully saturated rings. The Morgan fingerprint density at radius 1 is 0.944 bits per heavy atom. The van der Waals surface area contributed by atoms with Gasteiger partial charge >= 0.3 is 0 Å². The highest BCUT2D eigenvalue weighted by molar-refractivity contribution is 5.46. The second-order valence-corrected chi connectivity index (χ2v) is 4.52. The molecule has 0 atom stereocenters. The molecule has 0 amide bonds. The lowest BCUT2D eigenvalue weighted by molar-refractivity contribution is 0.294. The molecule has 0 unspecified atom stereocenters. The molecule has 0 spiro atoms. The fraction of sp³-hybridized carbons (Fsp3) is 0.625. The van der Waals surface area contributed by atoms with E-state index in [-0.39, 0.29) is 0 Å². The van der Waals surface area contributed by atoms with Gasteiger partial charge in [0.15, 0.2) is 0 Å². The molecule has 2 nitrogen and oxygen atoms in total. The van der Waals surface area contributed by atoms with Crippen molar-refractivity contribution in [2.75, 3.05) is 37.6 Å². The molecule has 1 aromatic carbocycles. The van der Waals surface area contributed by atoms with E-state index in [1.165, 1.54) is 51.3 Å². The molecule has 0 aromatic heterocycles. The van der Waals surface area contributed by atoms with Crippen LogP contribution >= 0.6 is 0 Å². The summed E-state index contributed by atoms with van der Waals surface area (Å²) in [6.07, 6.45) is 2.56. The second-order valence-electron chi connectivity index (χ2n) is 4.52. The van der Waals surface area contributed by atoms with E-state index in [2.05, 4.69) is 47.1 Å². The Kier molecular flexibility index (Phi) is 7.51. The number of anilines is 1. The molecule has 102 valence electrons. The van der Waals surface area contributed by atoms with Gasteiger partial charge in [0.2, 0.25) is 0 Å². The van der Waals surface area contributed by atoms with Gasteiger partial charge in [-0.1, -0.05) is 39.0 Å². The molecular weight excluding hydrogens is 220 g/mol. The van der Waals surface area contributed by atoms with Crippen LogP contribution in [0.25, 0.3) is 0 Å². The molecular formula is C16H28N2. The molecule has 1 heterocycles. The van der Waals surface area contributed by atoms with E-state index in [9.17, 15) is 0 Å². The summed E-state index contributed by atoms with van der Waals surface area (Å²) in [6.45, 7) is 12.4. The van der Waals surface area contributed by atoms with Crippen molar-refractivity contribution < 1.29 is 0 Å². The Morgan fingerprint density at radius 3 is 2.33 bits per heavy atom. The topological polar surface area (TPSA) is 6.48 Å². The van der Waals surface area contributed by atoms with Crippen molar-refractivity contribution in [3.8, 4) is 0 Å². The summed E-state index contributed by atoms with van der Waals surface area (Å²) >= 11 is 0. The summed E-state index contributed by atoms with van der Waals surface area (Å²) in [5.74, 6) is 0. The zero-order valence-electron chi connectivity index (χ0n) is 12.2. The standard InChI is InChI=1S/C14H22N2.C2H6/c1-2-9-15-10-6-11-16(13-12-15)14-7-4-3-5-8-14;1-2/h3-5,7-8H,2,6,9-13H2,1H3;1-2H3. The third-order valence-electron chi connectivity index (χ3n) is 3.25. The van der Waals surface area contributed by atoms with Crippen LogP contribution in [0.4, 0.5) is 5.69 Å². The first-order valence-electron chi connectivity index (χ1n) is 7.42. The number of para-hydroxylation sites is 1. The number of nitrogens with zero attached hydrogens (tertiary/aromatic N) is 2. The van der Waals surface area contributed by atoms with Crippen LogP contribution in [0.2, 0.25) is 0 Å². The normalized spacial score (nSPS) is 16.7. The Hall–Kier alpha value is -1.02. The van der Waals surface area contributed by atoms with Gasteiger partial charge in [-0.15, -0.1) is 0 Å². The van der Waals surface area contributed by atoms with Gasteiger partial charge in [0, 0.05) is 25.3 Å². The minimum absolute atomic E-state index is 1.17. The smallest absolute Gasteiger partial charge is 0.0366 e. The second kappa shape index (κ2) is 8.98. The van der Waals surface area contributed by atoms with Gasteiger partial charge in [0.25, 0.3) is 0 Å². The van der Waals surface area contributed by atoms with Crippen LogP contribution in [-0.4, -0.2) is 37.6 Å². The SMILES string of the molecule is CC.CCCN1CCCN(c2ccccc2)CC1. The first-order valence-corrected chi connectivity index (χ1v) is 7.42. The summed E-state index contributed by atoms with van der Waals surface area (Å²) in [5.41, 5.74) is 1.38. The summed E-state index contributed by atoms with van der Waals surface area (Å²) < 4.78 is 0. The molecule has 0 N–H and O–H groups in total. The molecule has 0 radical (unpaired) electrons. The van der Waals surface area contributed by atoms with Crippen molar-refractivity contribution in [3.63, 3.8) is 0 Å². The average Bonchev–Trinajstić information content (AvgIpc) is 2.68. The van der Waals surface area contributed by atoms with E-state index in [4.69, 9.17) is 0 Å². The van der Waals surface area contributed by atoms with Crippen molar-refractivity contribution in [1.82, 2.24) is 4.90 Å². The van der Waals surface area contributed by atoms with Gasteiger partial charge in [-0.25, -0.2) is 0 Å². The summed E-state index contributed by atoms with van der Waals surface area (Å²) in [4.78, 5) is 5.10. The van der Waals surface area contributed by atoms with Crippen LogP contribution < -0.4 is 4.90 Å². The first-order chi connectivity index (χ1) is 8.90. The average molecular weight is 248 g/mol. The fourth-order valence-corrected chi connectivity index (χ4v) is 2.41. The van der Waals surface area contributed by atoms with E-state index in [1.807, 2.05) is 13.8 Å². The quantitative estimate of drug-likeness (QED) is 0.806. The first kappa shape index (κ1) is 15.0. The van der Waals surface area contributed by atoms with Crippen LogP contribution in [0.1, 0.15) is 33.6 Å². The number of rotatable bonds is 3. The zero-order valence-corrected chi connectivity index (χ0v) is 12.2.